The van der Waals surface area contributed by atoms with Crippen LogP contribution >= 0.6 is 11.5 Å². The van der Waals surface area contributed by atoms with Crippen LogP contribution in [0.25, 0.3) is 0 Å². The molecule has 0 bridgehead atoms. The lowest BCUT2D eigenvalue weighted by Gasteiger charge is -2.07. The molecule has 0 aliphatic rings. The molecule has 2 aromatic rings. The Balaban J connectivity index is 2.09. The summed E-state index contributed by atoms with van der Waals surface area (Å²) in [6.45, 7) is 2.05. The fraction of sp³-hybridized carbons (Fsp3) is 0.273. The minimum absolute atomic E-state index is 0.494. The highest BCUT2D eigenvalue weighted by Gasteiger charge is 2.10. The van der Waals surface area contributed by atoms with Crippen molar-refractivity contribution in [2.45, 2.75) is 19.4 Å². The van der Waals surface area contributed by atoms with Crippen LogP contribution in [0.1, 0.15) is 22.1 Å². The second-order valence-electron chi connectivity index (χ2n) is 3.53. The van der Waals surface area contributed by atoms with E-state index in [2.05, 4.69) is 15.7 Å². The van der Waals surface area contributed by atoms with Crippen LogP contribution < -0.4 is 0 Å². The molecule has 2 rings (SSSR count). The summed E-state index contributed by atoms with van der Waals surface area (Å²) in [6.07, 6.45) is 1.74. The summed E-state index contributed by atoms with van der Waals surface area (Å²) in [6, 6.07) is 8.15. The third kappa shape index (κ3) is 2.61. The van der Waals surface area contributed by atoms with Crippen molar-refractivity contribution in [2.75, 3.05) is 0 Å². The first-order chi connectivity index (χ1) is 7.25. The van der Waals surface area contributed by atoms with Crippen LogP contribution in [0.3, 0.4) is 0 Å². The molecule has 1 N–H and O–H groups in total. The van der Waals surface area contributed by atoms with E-state index in [-0.39, 0.29) is 0 Å². The molecule has 0 saturated heterocycles. The molecular formula is C11H12N2OS. The number of aryl methyl sites for hydroxylation is 1. The van der Waals surface area contributed by atoms with Gasteiger partial charge in [-0.3, -0.25) is 0 Å². The van der Waals surface area contributed by atoms with Crippen LogP contribution in [-0.4, -0.2) is 14.7 Å². The lowest BCUT2D eigenvalue weighted by Crippen LogP contribution is -1.99. The first kappa shape index (κ1) is 10.3. The van der Waals surface area contributed by atoms with Gasteiger partial charge in [0, 0.05) is 6.42 Å². The van der Waals surface area contributed by atoms with Crippen molar-refractivity contribution in [1.82, 2.24) is 9.59 Å². The summed E-state index contributed by atoms with van der Waals surface area (Å²) in [5.41, 5.74) is 2.35. The molecule has 0 aliphatic carbocycles. The van der Waals surface area contributed by atoms with E-state index >= 15 is 0 Å². The number of nitrogens with zero attached hydrogens (tertiary/aromatic N) is 2. The molecule has 1 atom stereocenters. The Kier molecular flexibility index (Phi) is 3.08. The van der Waals surface area contributed by atoms with Crippen LogP contribution in [0, 0.1) is 6.92 Å². The molecule has 1 aromatic heterocycles. The summed E-state index contributed by atoms with van der Waals surface area (Å²) < 4.78 is 3.73. The lowest BCUT2D eigenvalue weighted by atomic mass is 10.1. The van der Waals surface area contributed by atoms with Crippen LogP contribution in [-0.2, 0) is 6.42 Å². The van der Waals surface area contributed by atoms with Crippen molar-refractivity contribution in [2.24, 2.45) is 0 Å². The molecule has 78 valence electrons. The highest BCUT2D eigenvalue weighted by Crippen LogP contribution is 2.20. The van der Waals surface area contributed by atoms with Gasteiger partial charge < -0.3 is 5.11 Å². The summed E-state index contributed by atoms with van der Waals surface area (Å²) in [7, 11) is 0. The van der Waals surface area contributed by atoms with Gasteiger partial charge in [0.1, 0.15) is 0 Å². The molecule has 1 heterocycles. The molecule has 0 saturated carbocycles. The van der Waals surface area contributed by atoms with Crippen molar-refractivity contribution in [3.8, 4) is 0 Å². The summed E-state index contributed by atoms with van der Waals surface area (Å²) in [5.74, 6) is 0. The number of hydrogen-bond acceptors (Lipinski definition) is 4. The molecule has 0 radical (unpaired) electrons. The van der Waals surface area contributed by atoms with Gasteiger partial charge in [-0.2, -0.15) is 0 Å². The van der Waals surface area contributed by atoms with Crippen LogP contribution in [0.2, 0.25) is 0 Å². The zero-order valence-electron chi connectivity index (χ0n) is 8.42. The molecule has 3 nitrogen and oxygen atoms in total. The van der Waals surface area contributed by atoms with Gasteiger partial charge in [-0.15, -0.1) is 5.10 Å². The molecule has 1 unspecified atom stereocenters. The molecular weight excluding hydrogens is 208 g/mol. The zero-order chi connectivity index (χ0) is 10.7. The van der Waals surface area contributed by atoms with E-state index < -0.39 is 6.10 Å². The van der Waals surface area contributed by atoms with Gasteiger partial charge >= 0.3 is 0 Å². The number of rotatable bonds is 3. The van der Waals surface area contributed by atoms with Crippen molar-refractivity contribution in [3.63, 3.8) is 0 Å². The Morgan fingerprint density at radius 1 is 1.47 bits per heavy atom. The van der Waals surface area contributed by atoms with Gasteiger partial charge in [-0.25, -0.2) is 0 Å². The average molecular weight is 220 g/mol. The van der Waals surface area contributed by atoms with E-state index in [0.717, 1.165) is 10.4 Å². The predicted octanol–water partition coefficient (Wildman–Crippen LogP) is 2.12. The van der Waals surface area contributed by atoms with Gasteiger partial charge in [0.15, 0.2) is 0 Å². The topological polar surface area (TPSA) is 46.0 Å². The van der Waals surface area contributed by atoms with Gasteiger partial charge in [0.05, 0.1) is 17.2 Å². The molecule has 4 heteroatoms. The number of benzene rings is 1. The minimum Gasteiger partial charge on any atom is -0.387 e. The third-order valence-corrected chi connectivity index (χ3v) is 2.98. The Morgan fingerprint density at radius 3 is 3.00 bits per heavy atom. The Morgan fingerprint density at radius 2 is 2.33 bits per heavy atom. The van der Waals surface area contributed by atoms with E-state index in [9.17, 15) is 5.11 Å². The molecule has 0 amide bonds. The quantitative estimate of drug-likeness (QED) is 0.861. The lowest BCUT2D eigenvalue weighted by molar-refractivity contribution is 0.182. The molecule has 0 spiro atoms. The van der Waals surface area contributed by atoms with Crippen molar-refractivity contribution >= 4 is 11.5 Å². The van der Waals surface area contributed by atoms with Crippen molar-refractivity contribution in [3.05, 3.63) is 46.5 Å². The predicted molar refractivity (Wildman–Crippen MR) is 59.8 cm³/mol. The largest absolute Gasteiger partial charge is 0.387 e. The van der Waals surface area contributed by atoms with E-state index in [1.807, 2.05) is 25.1 Å². The number of aliphatic hydroxyl groups is 1. The van der Waals surface area contributed by atoms with E-state index in [1.165, 1.54) is 17.1 Å². The fourth-order valence-electron chi connectivity index (χ4n) is 1.48. The Labute approximate surface area is 92.6 Å². The maximum absolute atomic E-state index is 9.88. The highest BCUT2D eigenvalue weighted by atomic mass is 32.1. The van der Waals surface area contributed by atoms with Gasteiger partial charge in [0.2, 0.25) is 0 Å². The molecule has 0 fully saturated rings. The van der Waals surface area contributed by atoms with E-state index in [0.29, 0.717) is 6.42 Å². The first-order valence-corrected chi connectivity index (χ1v) is 5.54. The standard InChI is InChI=1S/C11H12N2OS/c1-8-3-2-4-9(5-8)6-10(14)11-7-12-13-15-11/h2-5,7,10,14H,6H2,1H3. The monoisotopic (exact) mass is 220 g/mol. The Bertz CT molecular complexity index is 428. The van der Waals surface area contributed by atoms with Gasteiger partial charge in [-0.1, -0.05) is 34.3 Å². The second kappa shape index (κ2) is 4.51. The number of aromatic nitrogens is 2. The maximum Gasteiger partial charge on any atom is 0.0954 e. The first-order valence-electron chi connectivity index (χ1n) is 4.76. The summed E-state index contributed by atoms with van der Waals surface area (Å²) in [4.78, 5) is 0.816. The maximum atomic E-state index is 9.88. The number of aliphatic hydroxyl groups excluding tert-OH is 1. The van der Waals surface area contributed by atoms with Crippen LogP contribution in [0.5, 0.6) is 0 Å². The van der Waals surface area contributed by atoms with Crippen LogP contribution in [0.15, 0.2) is 30.5 Å². The Hall–Kier alpha value is -1.26. The summed E-state index contributed by atoms with van der Waals surface area (Å²) in [5, 5.41) is 13.6. The van der Waals surface area contributed by atoms with Gasteiger partial charge in [-0.05, 0) is 24.0 Å². The third-order valence-electron chi connectivity index (χ3n) is 2.22. The normalized spacial score (nSPS) is 12.7. The molecule has 0 aliphatic heterocycles. The minimum atomic E-state index is -0.494. The zero-order valence-corrected chi connectivity index (χ0v) is 9.24. The number of hydrogen-bond donors (Lipinski definition) is 1. The smallest absolute Gasteiger partial charge is 0.0954 e. The highest BCUT2D eigenvalue weighted by molar-refractivity contribution is 7.05. The molecule has 15 heavy (non-hydrogen) atoms. The van der Waals surface area contributed by atoms with Crippen molar-refractivity contribution < 1.29 is 5.11 Å². The summed E-state index contributed by atoms with van der Waals surface area (Å²) >= 11 is 1.24. The fourth-order valence-corrected chi connectivity index (χ4v) is 1.97. The van der Waals surface area contributed by atoms with Crippen molar-refractivity contribution in [1.29, 1.82) is 0 Å². The van der Waals surface area contributed by atoms with E-state index in [1.54, 1.807) is 6.20 Å². The van der Waals surface area contributed by atoms with E-state index in [4.69, 9.17) is 0 Å². The SMILES string of the molecule is Cc1cccc(CC(O)c2cnns2)c1. The van der Waals surface area contributed by atoms with Gasteiger partial charge in [0.25, 0.3) is 0 Å². The second-order valence-corrected chi connectivity index (χ2v) is 4.35. The average Bonchev–Trinajstić information content (AvgIpc) is 2.70. The molecule has 1 aromatic carbocycles. The van der Waals surface area contributed by atoms with Crippen LogP contribution in [0.4, 0.5) is 0 Å².